The molecule has 3 heterocycles. The summed E-state index contributed by atoms with van der Waals surface area (Å²) in [5.41, 5.74) is 0.0768. The summed E-state index contributed by atoms with van der Waals surface area (Å²) in [6.07, 6.45) is 6.21. The van der Waals surface area contributed by atoms with Crippen molar-refractivity contribution < 1.29 is 33.0 Å². The number of carbonyl (C=O) groups excluding carboxylic acids is 3. The van der Waals surface area contributed by atoms with Gasteiger partial charge in [0.15, 0.2) is 0 Å². The molecule has 4 aliphatic rings. The Hall–Kier alpha value is -2.41. The van der Waals surface area contributed by atoms with E-state index in [1.165, 1.54) is 6.92 Å². The summed E-state index contributed by atoms with van der Waals surface area (Å²) in [4.78, 5) is 37.6. The third kappa shape index (κ3) is 2.43. The Bertz CT molecular complexity index is 900. The van der Waals surface area contributed by atoms with Crippen molar-refractivity contribution in [2.24, 2.45) is 22.7 Å². The van der Waals surface area contributed by atoms with E-state index >= 15 is 0 Å². The second-order valence-corrected chi connectivity index (χ2v) is 8.78. The molecule has 2 spiro atoms. The molecule has 29 heavy (non-hydrogen) atoms. The van der Waals surface area contributed by atoms with E-state index in [4.69, 9.17) is 18.6 Å². The molecule has 3 fully saturated rings. The van der Waals surface area contributed by atoms with Crippen LogP contribution in [-0.4, -0.2) is 30.6 Å². The number of carbonyl (C=O) groups is 3. The molecule has 7 heteroatoms. The first-order valence-electron chi connectivity index (χ1n) is 10.1. The number of rotatable bonds is 2. The number of fused-ring (bicyclic) bond motifs is 1. The van der Waals surface area contributed by atoms with Gasteiger partial charge < -0.3 is 18.6 Å². The van der Waals surface area contributed by atoms with Gasteiger partial charge in [0.25, 0.3) is 0 Å². The van der Waals surface area contributed by atoms with Crippen LogP contribution < -0.4 is 0 Å². The summed E-state index contributed by atoms with van der Waals surface area (Å²) in [7, 11) is 0. The molecule has 7 nitrogen and oxygen atoms in total. The van der Waals surface area contributed by atoms with Gasteiger partial charge in [-0.15, -0.1) is 0 Å². The maximum Gasteiger partial charge on any atom is 0.334 e. The molecule has 1 aromatic heterocycles. The molecule has 1 unspecified atom stereocenters. The minimum Gasteiger partial charge on any atom is -0.472 e. The lowest BCUT2D eigenvalue weighted by Gasteiger charge is -2.55. The lowest BCUT2D eigenvalue weighted by molar-refractivity contribution is -0.220. The summed E-state index contributed by atoms with van der Waals surface area (Å²) in [6.45, 7) is 3.45. The van der Waals surface area contributed by atoms with Crippen LogP contribution in [0.25, 0.3) is 0 Å². The number of hydrogen-bond acceptors (Lipinski definition) is 7. The van der Waals surface area contributed by atoms with Crippen molar-refractivity contribution in [2.75, 3.05) is 6.61 Å². The zero-order valence-corrected chi connectivity index (χ0v) is 16.5. The molecule has 154 valence electrons. The molecule has 2 saturated heterocycles. The number of Topliss-reactive ketones (excluding diaryl/α,β-unsaturated/α-hetero) is 1. The van der Waals surface area contributed by atoms with Crippen LogP contribution >= 0.6 is 0 Å². The van der Waals surface area contributed by atoms with Gasteiger partial charge in [-0.25, -0.2) is 4.79 Å². The summed E-state index contributed by atoms with van der Waals surface area (Å²) in [5.74, 6) is -1.15. The van der Waals surface area contributed by atoms with Gasteiger partial charge >= 0.3 is 11.9 Å². The quantitative estimate of drug-likeness (QED) is 0.704. The van der Waals surface area contributed by atoms with Gasteiger partial charge in [-0.3, -0.25) is 9.59 Å². The van der Waals surface area contributed by atoms with E-state index in [2.05, 4.69) is 0 Å². The Balaban J connectivity index is 1.65. The normalized spacial score (nSPS) is 41.0. The Labute approximate surface area is 168 Å². The van der Waals surface area contributed by atoms with Crippen molar-refractivity contribution in [1.29, 1.82) is 0 Å². The first-order chi connectivity index (χ1) is 13.9. The highest BCUT2D eigenvalue weighted by Gasteiger charge is 2.70. The molecule has 1 aromatic rings. The number of ether oxygens (including phenoxy) is 3. The first-order valence-corrected chi connectivity index (χ1v) is 10.1. The largest absolute Gasteiger partial charge is 0.472 e. The molecule has 2 aliphatic carbocycles. The second-order valence-electron chi connectivity index (χ2n) is 8.78. The number of furan rings is 1. The number of ketones is 1. The summed E-state index contributed by atoms with van der Waals surface area (Å²) in [5, 5.41) is 0. The predicted octanol–water partition coefficient (Wildman–Crippen LogP) is 3.11. The Morgan fingerprint density at radius 1 is 1.31 bits per heavy atom. The van der Waals surface area contributed by atoms with Crippen LogP contribution in [0.15, 0.2) is 34.7 Å². The molecule has 5 rings (SSSR count). The topological polar surface area (TPSA) is 92.0 Å². The monoisotopic (exact) mass is 400 g/mol. The van der Waals surface area contributed by atoms with E-state index in [-0.39, 0.29) is 42.7 Å². The van der Waals surface area contributed by atoms with Crippen molar-refractivity contribution in [1.82, 2.24) is 0 Å². The Morgan fingerprint density at radius 2 is 2.14 bits per heavy atom. The van der Waals surface area contributed by atoms with Crippen LogP contribution in [0.3, 0.4) is 0 Å². The fourth-order valence-corrected chi connectivity index (χ4v) is 6.29. The van der Waals surface area contributed by atoms with Crippen LogP contribution in [0.5, 0.6) is 0 Å². The average Bonchev–Trinajstić information content (AvgIpc) is 3.39. The van der Waals surface area contributed by atoms with Crippen molar-refractivity contribution in [3.8, 4) is 0 Å². The molecular formula is C22H24O7. The Morgan fingerprint density at radius 3 is 2.86 bits per heavy atom. The molecule has 0 amide bonds. The maximum absolute atomic E-state index is 13.3. The molecule has 6 atom stereocenters. The molecule has 0 bridgehead atoms. The molecule has 2 aliphatic heterocycles. The van der Waals surface area contributed by atoms with E-state index in [0.29, 0.717) is 12.0 Å². The third-order valence-corrected chi connectivity index (χ3v) is 7.57. The smallest absolute Gasteiger partial charge is 0.334 e. The molecule has 0 radical (unpaired) electrons. The standard InChI is InChI=1S/C22H24O7/c1-12-16(24)8-21-11-27-19(25)15(21)4-3-5-18(21)22(12)9-17(14-6-7-26-10-14)29-20(22)28-13(2)23/h4,6-7,10,12,17-18,20H,3,5,8-9,11H2,1-2H3/t12-,17-,18?,20-,21+,22+/m0/s1. The lowest BCUT2D eigenvalue weighted by atomic mass is 9.46. The van der Waals surface area contributed by atoms with Crippen molar-refractivity contribution >= 4 is 17.7 Å². The SMILES string of the molecule is CC(=O)O[C@H]1O[C@H](c2ccoc2)C[C@@]12C1CCC=C3C(=O)OC[C@]31CC(=O)[C@@H]2C. The molecule has 1 saturated carbocycles. The second kappa shape index (κ2) is 6.29. The fourth-order valence-electron chi connectivity index (χ4n) is 6.29. The third-order valence-electron chi connectivity index (χ3n) is 7.57. The zero-order valence-electron chi connectivity index (χ0n) is 16.5. The first kappa shape index (κ1) is 18.6. The number of esters is 2. The molecular weight excluding hydrogens is 376 g/mol. The highest BCUT2D eigenvalue weighted by molar-refractivity contribution is 5.96. The van der Waals surface area contributed by atoms with Crippen molar-refractivity contribution in [2.45, 2.75) is 51.9 Å². The Kier molecular flexibility index (Phi) is 4.04. The van der Waals surface area contributed by atoms with Crippen LogP contribution in [0.1, 0.15) is 51.2 Å². The van der Waals surface area contributed by atoms with Gasteiger partial charge in [-0.1, -0.05) is 13.0 Å². The van der Waals surface area contributed by atoms with Gasteiger partial charge in [-0.05, 0) is 31.2 Å². The van der Waals surface area contributed by atoms with Gasteiger partial charge in [0.2, 0.25) is 6.29 Å². The van der Waals surface area contributed by atoms with E-state index < -0.39 is 23.1 Å². The van der Waals surface area contributed by atoms with Gasteiger partial charge in [0, 0.05) is 41.2 Å². The fraction of sp³-hybridized carbons (Fsp3) is 0.591. The van der Waals surface area contributed by atoms with E-state index in [1.54, 1.807) is 12.5 Å². The maximum atomic E-state index is 13.3. The van der Waals surface area contributed by atoms with Gasteiger partial charge in [-0.2, -0.15) is 0 Å². The number of hydrogen-bond donors (Lipinski definition) is 0. The highest BCUT2D eigenvalue weighted by atomic mass is 16.7. The summed E-state index contributed by atoms with van der Waals surface area (Å²) < 4.78 is 22.6. The van der Waals surface area contributed by atoms with E-state index in [1.807, 2.05) is 19.1 Å². The van der Waals surface area contributed by atoms with E-state index in [9.17, 15) is 14.4 Å². The van der Waals surface area contributed by atoms with E-state index in [0.717, 1.165) is 18.4 Å². The zero-order chi connectivity index (χ0) is 20.4. The average molecular weight is 400 g/mol. The minimum atomic E-state index is -0.865. The highest BCUT2D eigenvalue weighted by Crippen LogP contribution is 2.68. The van der Waals surface area contributed by atoms with Gasteiger partial charge in [0.1, 0.15) is 12.4 Å². The number of allylic oxidation sites excluding steroid dienone is 1. The summed E-state index contributed by atoms with van der Waals surface area (Å²) >= 11 is 0. The predicted molar refractivity (Wildman–Crippen MR) is 98.1 cm³/mol. The van der Waals surface area contributed by atoms with Crippen LogP contribution in [0.4, 0.5) is 0 Å². The molecule has 0 N–H and O–H groups in total. The molecule has 0 aromatic carbocycles. The van der Waals surface area contributed by atoms with Crippen LogP contribution in [0, 0.1) is 22.7 Å². The number of cyclic esters (lactones) is 1. The summed E-state index contributed by atoms with van der Waals surface area (Å²) in [6, 6.07) is 1.83. The minimum absolute atomic E-state index is 0.0564. The van der Waals surface area contributed by atoms with Gasteiger partial charge in [0.05, 0.1) is 18.6 Å². The van der Waals surface area contributed by atoms with Crippen LogP contribution in [0.2, 0.25) is 0 Å². The van der Waals surface area contributed by atoms with Crippen molar-refractivity contribution in [3.05, 3.63) is 35.8 Å². The van der Waals surface area contributed by atoms with Crippen LogP contribution in [-0.2, 0) is 28.6 Å². The lowest BCUT2D eigenvalue weighted by Crippen LogP contribution is -2.60. The van der Waals surface area contributed by atoms with Crippen molar-refractivity contribution in [3.63, 3.8) is 0 Å².